The third-order valence-corrected chi connectivity index (χ3v) is 4.93. The van der Waals surface area contributed by atoms with Gasteiger partial charge in [0.1, 0.15) is 6.04 Å². The molecule has 8 nitrogen and oxygen atoms in total. The second-order valence-electron chi connectivity index (χ2n) is 7.25. The number of carboxylic acids is 1. The Morgan fingerprint density at radius 3 is 2.50 bits per heavy atom. The molecule has 154 valence electrons. The summed E-state index contributed by atoms with van der Waals surface area (Å²) in [5.41, 5.74) is 0.990. The van der Waals surface area contributed by atoms with Crippen LogP contribution in [0.4, 0.5) is 0 Å². The average Bonchev–Trinajstić information content (AvgIpc) is 3.04. The van der Waals surface area contributed by atoms with Crippen LogP contribution in [0.1, 0.15) is 25.8 Å². The highest BCUT2D eigenvalue weighted by Gasteiger charge is 2.36. The lowest BCUT2D eigenvalue weighted by molar-refractivity contribution is -0.143. The molecule has 0 aromatic heterocycles. The predicted octanol–water partition coefficient (Wildman–Crippen LogP) is 1.32. The molecule has 1 aliphatic rings. The molecule has 2 amide bonds. The quantitative estimate of drug-likeness (QED) is 0.657. The van der Waals surface area contributed by atoms with E-state index in [9.17, 15) is 19.5 Å². The number of carboxylic acid groups (broad SMARTS) is 1. The van der Waals surface area contributed by atoms with Crippen LogP contribution in [0, 0.1) is 11.8 Å². The number of carbonyl (C=O) groups excluding carboxylic acids is 2. The van der Waals surface area contributed by atoms with Crippen molar-refractivity contribution in [2.24, 2.45) is 11.8 Å². The van der Waals surface area contributed by atoms with E-state index in [2.05, 4.69) is 5.32 Å². The van der Waals surface area contributed by atoms with E-state index in [1.165, 1.54) is 0 Å². The standard InChI is InChI=1S/C20H28N2O6/c1-12(2)18(20(25)26)21-19(24)14-10-17(23)22(11-14)8-7-13-5-6-15(27-3)16(9-13)28-4/h5-6,9,12,14,18H,7-8,10-11H2,1-4H3,(H,21,24)(H,25,26)/t14?,18-/m1/s1. The molecular formula is C20H28N2O6. The molecule has 1 aromatic rings. The van der Waals surface area contributed by atoms with Crippen molar-refractivity contribution in [2.45, 2.75) is 32.7 Å². The van der Waals surface area contributed by atoms with E-state index in [1.807, 2.05) is 18.2 Å². The van der Waals surface area contributed by atoms with Crippen LogP contribution in [0.3, 0.4) is 0 Å². The average molecular weight is 392 g/mol. The van der Waals surface area contributed by atoms with E-state index in [4.69, 9.17) is 9.47 Å². The summed E-state index contributed by atoms with van der Waals surface area (Å²) in [7, 11) is 3.14. The van der Waals surface area contributed by atoms with Crippen LogP contribution in [-0.2, 0) is 20.8 Å². The minimum absolute atomic E-state index is 0.0994. The van der Waals surface area contributed by atoms with Gasteiger partial charge in [-0.05, 0) is 30.0 Å². The number of hydrogen-bond donors (Lipinski definition) is 2. The number of likely N-dealkylation sites (tertiary alicyclic amines) is 1. The molecule has 0 spiro atoms. The first-order valence-corrected chi connectivity index (χ1v) is 9.28. The molecule has 0 radical (unpaired) electrons. The van der Waals surface area contributed by atoms with E-state index in [0.717, 1.165) is 5.56 Å². The molecule has 2 rings (SSSR count). The maximum atomic E-state index is 12.4. The van der Waals surface area contributed by atoms with E-state index < -0.39 is 17.9 Å². The van der Waals surface area contributed by atoms with Crippen LogP contribution in [0.15, 0.2) is 18.2 Å². The number of nitrogens with one attached hydrogen (secondary N) is 1. The Bertz CT molecular complexity index is 733. The number of amides is 2. The number of rotatable bonds is 9. The molecular weight excluding hydrogens is 364 g/mol. The fraction of sp³-hybridized carbons (Fsp3) is 0.550. The third-order valence-electron chi connectivity index (χ3n) is 4.93. The van der Waals surface area contributed by atoms with Gasteiger partial charge in [0.25, 0.3) is 0 Å². The highest BCUT2D eigenvalue weighted by Crippen LogP contribution is 2.28. The Balaban J connectivity index is 1.94. The van der Waals surface area contributed by atoms with Gasteiger partial charge in [-0.3, -0.25) is 9.59 Å². The molecule has 0 aliphatic carbocycles. The van der Waals surface area contributed by atoms with Gasteiger partial charge in [0.05, 0.1) is 20.1 Å². The van der Waals surface area contributed by atoms with Crippen molar-refractivity contribution in [2.75, 3.05) is 27.3 Å². The van der Waals surface area contributed by atoms with Gasteiger partial charge in [-0.1, -0.05) is 19.9 Å². The highest BCUT2D eigenvalue weighted by molar-refractivity contribution is 5.91. The minimum atomic E-state index is -1.07. The lowest BCUT2D eigenvalue weighted by Gasteiger charge is -2.20. The molecule has 1 fully saturated rings. The number of benzene rings is 1. The van der Waals surface area contributed by atoms with Gasteiger partial charge < -0.3 is 24.8 Å². The van der Waals surface area contributed by atoms with Crippen LogP contribution in [0.2, 0.25) is 0 Å². The maximum Gasteiger partial charge on any atom is 0.326 e. The van der Waals surface area contributed by atoms with Crippen molar-refractivity contribution < 1.29 is 29.0 Å². The zero-order valence-electron chi connectivity index (χ0n) is 16.7. The van der Waals surface area contributed by atoms with Crippen LogP contribution < -0.4 is 14.8 Å². The van der Waals surface area contributed by atoms with Crippen LogP contribution in [-0.4, -0.2) is 61.1 Å². The Morgan fingerprint density at radius 2 is 1.93 bits per heavy atom. The van der Waals surface area contributed by atoms with Gasteiger partial charge in [0.2, 0.25) is 11.8 Å². The smallest absolute Gasteiger partial charge is 0.326 e. The summed E-state index contributed by atoms with van der Waals surface area (Å²) in [5, 5.41) is 11.8. The summed E-state index contributed by atoms with van der Waals surface area (Å²) in [6.45, 7) is 4.23. The molecule has 28 heavy (non-hydrogen) atoms. The lowest BCUT2D eigenvalue weighted by atomic mass is 10.0. The zero-order valence-corrected chi connectivity index (χ0v) is 16.7. The lowest BCUT2D eigenvalue weighted by Crippen LogP contribution is -2.47. The molecule has 1 aliphatic heterocycles. The van der Waals surface area contributed by atoms with Crippen molar-refractivity contribution >= 4 is 17.8 Å². The van der Waals surface area contributed by atoms with Crippen molar-refractivity contribution in [3.63, 3.8) is 0 Å². The highest BCUT2D eigenvalue weighted by atomic mass is 16.5. The summed E-state index contributed by atoms with van der Waals surface area (Å²) in [6.07, 6.45) is 0.715. The number of ether oxygens (including phenoxy) is 2. The first kappa shape index (κ1) is 21.5. The molecule has 1 unspecified atom stereocenters. The Labute approximate surface area is 164 Å². The molecule has 1 heterocycles. The Kier molecular flexibility index (Phi) is 7.25. The van der Waals surface area contributed by atoms with Gasteiger partial charge in [0, 0.05) is 19.5 Å². The molecule has 1 saturated heterocycles. The minimum Gasteiger partial charge on any atom is -0.493 e. The molecule has 1 aromatic carbocycles. The van der Waals surface area contributed by atoms with Crippen molar-refractivity contribution in [1.29, 1.82) is 0 Å². The van der Waals surface area contributed by atoms with Gasteiger partial charge in [-0.15, -0.1) is 0 Å². The van der Waals surface area contributed by atoms with Crippen LogP contribution in [0.25, 0.3) is 0 Å². The summed E-state index contributed by atoms with van der Waals surface area (Å²) in [4.78, 5) is 37.6. The number of nitrogens with zero attached hydrogens (tertiary/aromatic N) is 1. The Morgan fingerprint density at radius 1 is 1.25 bits per heavy atom. The normalized spacial score (nSPS) is 17.5. The van der Waals surface area contributed by atoms with Crippen LogP contribution >= 0.6 is 0 Å². The van der Waals surface area contributed by atoms with E-state index in [-0.39, 0.29) is 24.2 Å². The second kappa shape index (κ2) is 9.43. The SMILES string of the molecule is COc1ccc(CCN2CC(C(=O)N[C@@H](C(=O)O)C(C)C)CC2=O)cc1OC. The first-order valence-electron chi connectivity index (χ1n) is 9.28. The first-order chi connectivity index (χ1) is 13.3. The summed E-state index contributed by atoms with van der Waals surface area (Å²) < 4.78 is 10.5. The van der Waals surface area contributed by atoms with E-state index >= 15 is 0 Å². The number of aliphatic carboxylic acids is 1. The Hall–Kier alpha value is -2.77. The van der Waals surface area contributed by atoms with Gasteiger partial charge in [-0.25, -0.2) is 4.79 Å². The van der Waals surface area contributed by atoms with Crippen molar-refractivity contribution in [1.82, 2.24) is 10.2 Å². The van der Waals surface area contributed by atoms with Gasteiger partial charge in [0.15, 0.2) is 11.5 Å². The summed E-state index contributed by atoms with van der Waals surface area (Å²) in [6, 6.07) is 4.63. The van der Waals surface area contributed by atoms with E-state index in [0.29, 0.717) is 31.0 Å². The molecule has 2 N–H and O–H groups in total. The van der Waals surface area contributed by atoms with Gasteiger partial charge >= 0.3 is 5.97 Å². The number of hydrogen-bond acceptors (Lipinski definition) is 5. The molecule has 2 atom stereocenters. The second-order valence-corrected chi connectivity index (χ2v) is 7.25. The topological polar surface area (TPSA) is 105 Å². The number of carbonyl (C=O) groups is 3. The molecule has 0 saturated carbocycles. The van der Waals surface area contributed by atoms with Crippen LogP contribution in [0.5, 0.6) is 11.5 Å². The summed E-state index contributed by atoms with van der Waals surface area (Å²) in [5.74, 6) is -1.06. The summed E-state index contributed by atoms with van der Waals surface area (Å²) >= 11 is 0. The predicted molar refractivity (Wildman–Crippen MR) is 102 cm³/mol. The van der Waals surface area contributed by atoms with Gasteiger partial charge in [-0.2, -0.15) is 0 Å². The zero-order chi connectivity index (χ0) is 20.8. The van der Waals surface area contributed by atoms with Crippen molar-refractivity contribution in [3.8, 4) is 11.5 Å². The third kappa shape index (κ3) is 5.15. The maximum absolute atomic E-state index is 12.4. The largest absolute Gasteiger partial charge is 0.493 e. The number of methoxy groups -OCH3 is 2. The molecule has 8 heteroatoms. The van der Waals surface area contributed by atoms with E-state index in [1.54, 1.807) is 33.0 Å². The monoisotopic (exact) mass is 392 g/mol. The fourth-order valence-electron chi connectivity index (χ4n) is 3.25. The molecule has 0 bridgehead atoms. The van der Waals surface area contributed by atoms with Crippen molar-refractivity contribution in [3.05, 3.63) is 23.8 Å². The fourth-order valence-corrected chi connectivity index (χ4v) is 3.25.